The molecule has 4 heterocycles. The zero-order chi connectivity index (χ0) is 23.4. The van der Waals surface area contributed by atoms with Crippen LogP contribution in [0.5, 0.6) is 0 Å². The zero-order valence-electron chi connectivity index (χ0n) is 18.9. The standard InChI is InChI=1S/C31H16N2S3/c1-4-10-22-17(7-1)20-16-28-21(18-8-2-5-11-24(18)35-28)15-23(20)33(22)31-32-30-27(36-31)14-13-26-29(30)19-9-3-6-12-25(19)34-26/h1-16H. The van der Waals surface area contributed by atoms with Crippen molar-refractivity contribution in [2.24, 2.45) is 0 Å². The second-order valence-corrected chi connectivity index (χ2v) is 12.4. The van der Waals surface area contributed by atoms with Gasteiger partial charge in [0.2, 0.25) is 0 Å². The monoisotopic (exact) mass is 512 g/mol. The van der Waals surface area contributed by atoms with Gasteiger partial charge in [-0.15, -0.1) is 22.7 Å². The SMILES string of the molecule is c1ccc2c(c1)sc1cc3c4ccccc4n(-c4nc5c(ccc6sc7ccccc7c65)s4)c3cc12. The minimum absolute atomic E-state index is 1.03. The number of thiazole rings is 1. The topological polar surface area (TPSA) is 17.8 Å². The van der Waals surface area contributed by atoms with E-state index in [-0.39, 0.29) is 0 Å². The molecule has 0 aliphatic heterocycles. The zero-order valence-corrected chi connectivity index (χ0v) is 21.3. The highest BCUT2D eigenvalue weighted by atomic mass is 32.1. The second-order valence-electron chi connectivity index (χ2n) is 9.20. The van der Waals surface area contributed by atoms with Gasteiger partial charge in [0, 0.05) is 51.1 Å². The third-order valence-corrected chi connectivity index (χ3v) is 10.5. The lowest BCUT2D eigenvalue weighted by Gasteiger charge is -2.03. The summed E-state index contributed by atoms with van der Waals surface area (Å²) in [4.78, 5) is 5.33. The molecule has 5 heteroatoms. The third kappa shape index (κ3) is 2.47. The van der Waals surface area contributed by atoms with Gasteiger partial charge in [0.15, 0.2) is 5.13 Å². The molecule has 0 saturated carbocycles. The first-order valence-electron chi connectivity index (χ1n) is 11.9. The summed E-state index contributed by atoms with van der Waals surface area (Å²) in [6, 6.07) is 35.4. The molecule has 0 aliphatic rings. The molecule has 0 amide bonds. The Balaban J connectivity index is 1.43. The second kappa shape index (κ2) is 6.92. The van der Waals surface area contributed by atoms with Crippen LogP contribution in [0.15, 0.2) is 97.1 Å². The number of benzene rings is 5. The first-order valence-corrected chi connectivity index (χ1v) is 14.3. The summed E-state index contributed by atoms with van der Waals surface area (Å²) < 4.78 is 8.90. The lowest BCUT2D eigenvalue weighted by molar-refractivity contribution is 1.15. The highest BCUT2D eigenvalue weighted by Gasteiger charge is 2.19. The Labute approximate surface area is 217 Å². The number of nitrogens with zero attached hydrogens (tertiary/aromatic N) is 2. The van der Waals surface area contributed by atoms with Crippen LogP contribution in [0, 0.1) is 0 Å². The highest BCUT2D eigenvalue weighted by Crippen LogP contribution is 2.43. The van der Waals surface area contributed by atoms with Crippen molar-refractivity contribution in [2.45, 2.75) is 0 Å². The smallest absolute Gasteiger partial charge is 0.195 e. The average molecular weight is 513 g/mol. The Hall–Kier alpha value is -3.77. The van der Waals surface area contributed by atoms with Crippen LogP contribution in [0.3, 0.4) is 0 Å². The molecular weight excluding hydrogens is 497 g/mol. The highest BCUT2D eigenvalue weighted by molar-refractivity contribution is 7.26. The van der Waals surface area contributed by atoms with Gasteiger partial charge in [-0.25, -0.2) is 4.98 Å². The molecule has 0 unspecified atom stereocenters. The molecular formula is C31H16N2S3. The van der Waals surface area contributed by atoms with Gasteiger partial charge < -0.3 is 0 Å². The third-order valence-electron chi connectivity index (χ3n) is 7.25. The lowest BCUT2D eigenvalue weighted by atomic mass is 10.1. The maximum Gasteiger partial charge on any atom is 0.195 e. The molecule has 4 aromatic heterocycles. The minimum Gasteiger partial charge on any atom is -0.285 e. The lowest BCUT2D eigenvalue weighted by Crippen LogP contribution is -1.92. The van der Waals surface area contributed by atoms with E-state index in [1.54, 1.807) is 11.3 Å². The van der Waals surface area contributed by atoms with Gasteiger partial charge in [0.1, 0.15) is 0 Å². The van der Waals surface area contributed by atoms with Crippen LogP contribution in [0.25, 0.3) is 77.5 Å². The molecule has 9 rings (SSSR count). The normalized spacial score (nSPS) is 12.4. The molecule has 2 nitrogen and oxygen atoms in total. The number of para-hydroxylation sites is 1. The van der Waals surface area contributed by atoms with E-state index < -0.39 is 0 Å². The Morgan fingerprint density at radius 2 is 1.17 bits per heavy atom. The van der Waals surface area contributed by atoms with Gasteiger partial charge in [0.25, 0.3) is 0 Å². The molecule has 9 aromatic rings. The Morgan fingerprint density at radius 3 is 2.06 bits per heavy atom. The van der Waals surface area contributed by atoms with Crippen LogP contribution >= 0.6 is 34.0 Å². The van der Waals surface area contributed by atoms with Crippen molar-refractivity contribution >= 4 is 106 Å². The average Bonchev–Trinajstić information content (AvgIpc) is 3.66. The fraction of sp³-hybridized carbons (Fsp3) is 0. The van der Waals surface area contributed by atoms with Crippen LogP contribution in [0.1, 0.15) is 0 Å². The fourth-order valence-corrected chi connectivity index (χ4v) is 8.92. The van der Waals surface area contributed by atoms with Gasteiger partial charge >= 0.3 is 0 Å². The van der Waals surface area contributed by atoms with E-state index in [2.05, 4.69) is 102 Å². The van der Waals surface area contributed by atoms with Gasteiger partial charge in [-0.1, -0.05) is 65.9 Å². The molecule has 0 bridgehead atoms. The van der Waals surface area contributed by atoms with Crippen molar-refractivity contribution < 1.29 is 0 Å². The van der Waals surface area contributed by atoms with Gasteiger partial charge in [-0.2, -0.15) is 0 Å². The first kappa shape index (κ1) is 19.4. The summed E-state index contributed by atoms with van der Waals surface area (Å²) in [6.45, 7) is 0. The van der Waals surface area contributed by atoms with Crippen molar-refractivity contribution in [1.29, 1.82) is 0 Å². The number of hydrogen-bond donors (Lipinski definition) is 0. The molecule has 0 radical (unpaired) electrons. The van der Waals surface area contributed by atoms with Crippen molar-refractivity contribution in [3.05, 3.63) is 97.1 Å². The molecule has 0 N–H and O–H groups in total. The summed E-state index contributed by atoms with van der Waals surface area (Å²) in [5, 5.41) is 8.81. The fourth-order valence-electron chi connectivity index (χ4n) is 5.68. The van der Waals surface area contributed by atoms with Crippen molar-refractivity contribution in [3.63, 3.8) is 0 Å². The first-order chi connectivity index (χ1) is 17.8. The maximum atomic E-state index is 5.33. The van der Waals surface area contributed by atoms with Gasteiger partial charge in [-0.3, -0.25) is 4.57 Å². The summed E-state index contributed by atoms with van der Waals surface area (Å²) >= 11 is 5.51. The van der Waals surface area contributed by atoms with Gasteiger partial charge in [0.05, 0.1) is 21.3 Å². The van der Waals surface area contributed by atoms with E-state index in [4.69, 9.17) is 4.98 Å². The van der Waals surface area contributed by atoms with E-state index >= 15 is 0 Å². The predicted octanol–water partition coefficient (Wildman–Crippen LogP) is 10.1. The van der Waals surface area contributed by atoms with Crippen molar-refractivity contribution in [3.8, 4) is 5.13 Å². The van der Waals surface area contributed by atoms with E-state index in [9.17, 15) is 0 Å². The van der Waals surface area contributed by atoms with E-state index in [0.717, 1.165) is 10.6 Å². The van der Waals surface area contributed by atoms with E-state index in [1.165, 1.54) is 66.9 Å². The molecule has 0 saturated heterocycles. The Morgan fingerprint density at radius 1 is 0.472 bits per heavy atom. The quantitative estimate of drug-likeness (QED) is 0.214. The van der Waals surface area contributed by atoms with E-state index in [0.29, 0.717) is 0 Å². The summed E-state index contributed by atoms with van der Waals surface area (Å²) in [5.74, 6) is 0. The number of fused-ring (bicyclic) bond motifs is 11. The molecule has 0 aliphatic carbocycles. The predicted molar refractivity (Wildman–Crippen MR) is 160 cm³/mol. The molecule has 0 fully saturated rings. The van der Waals surface area contributed by atoms with Crippen molar-refractivity contribution in [2.75, 3.05) is 0 Å². The molecule has 36 heavy (non-hydrogen) atoms. The Bertz CT molecular complexity index is 2330. The summed E-state index contributed by atoms with van der Waals surface area (Å²) in [5.41, 5.74) is 3.54. The molecule has 0 atom stereocenters. The number of thiophene rings is 2. The molecule has 168 valence electrons. The largest absolute Gasteiger partial charge is 0.285 e. The van der Waals surface area contributed by atoms with E-state index in [1.807, 2.05) is 22.7 Å². The van der Waals surface area contributed by atoms with Crippen LogP contribution in [-0.2, 0) is 0 Å². The Kier molecular flexibility index (Phi) is 3.73. The van der Waals surface area contributed by atoms with Crippen LogP contribution in [0.2, 0.25) is 0 Å². The van der Waals surface area contributed by atoms with Gasteiger partial charge in [-0.05, 0) is 42.5 Å². The maximum absolute atomic E-state index is 5.33. The minimum atomic E-state index is 1.03. The number of aromatic nitrogens is 2. The van der Waals surface area contributed by atoms with Crippen LogP contribution < -0.4 is 0 Å². The molecule has 5 aromatic carbocycles. The van der Waals surface area contributed by atoms with Crippen LogP contribution in [-0.4, -0.2) is 9.55 Å². The van der Waals surface area contributed by atoms with Crippen molar-refractivity contribution in [1.82, 2.24) is 9.55 Å². The summed E-state index contributed by atoms with van der Waals surface area (Å²) in [6.07, 6.45) is 0. The van der Waals surface area contributed by atoms with Crippen LogP contribution in [0.4, 0.5) is 0 Å². The number of rotatable bonds is 1. The molecule has 0 spiro atoms. The summed E-state index contributed by atoms with van der Waals surface area (Å²) in [7, 11) is 0. The number of hydrogen-bond acceptors (Lipinski definition) is 4.